The molecular weight excluding hydrogens is 474 g/mol. The number of fused-ring (bicyclic) bond motifs is 1. The lowest BCUT2D eigenvalue weighted by Crippen LogP contribution is -2.31. The van der Waals surface area contributed by atoms with Gasteiger partial charge in [0.25, 0.3) is 5.91 Å². The molecule has 1 amide bonds. The van der Waals surface area contributed by atoms with Crippen molar-refractivity contribution in [2.24, 2.45) is 0 Å². The van der Waals surface area contributed by atoms with Crippen molar-refractivity contribution in [1.82, 2.24) is 25.2 Å². The largest absolute Gasteiger partial charge is 0.449 e. The Balaban J connectivity index is 1.34. The number of hydrogen-bond donors (Lipinski definition) is 1. The normalized spacial score (nSPS) is 15.0. The zero-order valence-electron chi connectivity index (χ0n) is 20.2. The van der Waals surface area contributed by atoms with Gasteiger partial charge in [0.15, 0.2) is 5.89 Å². The molecule has 4 aromatic rings. The van der Waals surface area contributed by atoms with Crippen LogP contribution in [0.4, 0.5) is 0 Å². The van der Waals surface area contributed by atoms with Crippen LogP contribution in [0.2, 0.25) is 5.15 Å². The van der Waals surface area contributed by atoms with Crippen molar-refractivity contribution in [3.8, 4) is 0 Å². The third-order valence-corrected chi connectivity index (χ3v) is 6.66. The zero-order valence-corrected chi connectivity index (χ0v) is 20.9. The maximum absolute atomic E-state index is 12.5. The molecule has 0 saturated carbocycles. The highest BCUT2D eigenvalue weighted by atomic mass is 35.5. The second-order valence-corrected chi connectivity index (χ2v) is 9.48. The van der Waals surface area contributed by atoms with E-state index in [2.05, 4.69) is 38.4 Å². The Morgan fingerprint density at radius 2 is 2.00 bits per heavy atom. The summed E-state index contributed by atoms with van der Waals surface area (Å²) < 4.78 is 5.48. The summed E-state index contributed by atoms with van der Waals surface area (Å²) in [7, 11) is 0. The van der Waals surface area contributed by atoms with Gasteiger partial charge in [-0.3, -0.25) is 14.7 Å². The van der Waals surface area contributed by atoms with Gasteiger partial charge in [-0.1, -0.05) is 41.9 Å². The number of nitrogens with one attached hydrogen (secondary N) is 1. The van der Waals surface area contributed by atoms with E-state index in [1.54, 1.807) is 18.4 Å². The molecule has 1 aliphatic rings. The van der Waals surface area contributed by atoms with Gasteiger partial charge in [-0.15, -0.1) is 0 Å². The molecule has 0 spiro atoms. The molecule has 1 unspecified atom stereocenters. The summed E-state index contributed by atoms with van der Waals surface area (Å²) >= 11 is 5.92. The van der Waals surface area contributed by atoms with Gasteiger partial charge in [-0.2, -0.15) is 0 Å². The highest BCUT2D eigenvalue weighted by Gasteiger charge is 2.28. The van der Waals surface area contributed by atoms with Crippen LogP contribution in [0, 0.1) is 6.92 Å². The fourth-order valence-electron chi connectivity index (χ4n) is 4.81. The second-order valence-electron chi connectivity index (χ2n) is 9.09. The van der Waals surface area contributed by atoms with E-state index in [1.165, 1.54) is 11.8 Å². The molecule has 3 heterocycles. The lowest BCUT2D eigenvalue weighted by Gasteiger charge is -2.34. The Bertz CT molecular complexity index is 1360. The molecule has 1 N–H and O–H groups in total. The van der Waals surface area contributed by atoms with E-state index in [9.17, 15) is 4.79 Å². The van der Waals surface area contributed by atoms with Crippen molar-refractivity contribution in [2.75, 3.05) is 0 Å². The lowest BCUT2D eigenvalue weighted by atomic mass is 9.90. The minimum Gasteiger partial charge on any atom is -0.449 e. The number of halogens is 1. The first kappa shape index (κ1) is 24.2. The number of aryl methyl sites for hydroxylation is 2. The third kappa shape index (κ3) is 5.80. The summed E-state index contributed by atoms with van der Waals surface area (Å²) in [5.74, 6) is 0.484. The van der Waals surface area contributed by atoms with Crippen molar-refractivity contribution in [2.45, 2.75) is 51.9 Å². The van der Waals surface area contributed by atoms with Gasteiger partial charge >= 0.3 is 0 Å². The number of carbonyl (C=O) groups excluding carboxylic acids is 1. The first-order chi connectivity index (χ1) is 17.5. The van der Waals surface area contributed by atoms with Gasteiger partial charge in [0.2, 0.25) is 0 Å². The van der Waals surface area contributed by atoms with E-state index in [4.69, 9.17) is 21.0 Å². The predicted molar refractivity (Wildman–Crippen MR) is 137 cm³/mol. The number of benzene rings is 1. The zero-order chi connectivity index (χ0) is 24.9. The van der Waals surface area contributed by atoms with Crippen molar-refractivity contribution in [3.05, 3.63) is 112 Å². The number of amides is 1. The van der Waals surface area contributed by atoms with Gasteiger partial charge in [-0.25, -0.2) is 9.97 Å². The van der Waals surface area contributed by atoms with Crippen LogP contribution >= 0.6 is 11.6 Å². The Labute approximate surface area is 215 Å². The minimum absolute atomic E-state index is 0.183. The van der Waals surface area contributed by atoms with E-state index in [0.29, 0.717) is 29.7 Å². The second kappa shape index (κ2) is 11.0. The monoisotopic (exact) mass is 501 g/mol. The molecule has 7 nitrogen and oxygen atoms in total. The van der Waals surface area contributed by atoms with Crippen LogP contribution in [-0.2, 0) is 26.1 Å². The molecule has 5 rings (SSSR count). The molecular formula is C28H28ClN5O2. The molecule has 1 aromatic carbocycles. The third-order valence-electron chi connectivity index (χ3n) is 6.46. The smallest absolute Gasteiger partial charge is 0.251 e. The topological polar surface area (TPSA) is 84.2 Å². The number of rotatable bonds is 8. The van der Waals surface area contributed by atoms with E-state index in [0.717, 1.165) is 48.3 Å². The van der Waals surface area contributed by atoms with Crippen LogP contribution < -0.4 is 5.32 Å². The van der Waals surface area contributed by atoms with Crippen LogP contribution in [-0.4, -0.2) is 25.8 Å². The minimum atomic E-state index is -0.183. The molecule has 36 heavy (non-hydrogen) atoms. The average Bonchev–Trinajstić information content (AvgIpc) is 3.31. The van der Waals surface area contributed by atoms with Crippen LogP contribution in [0.5, 0.6) is 0 Å². The van der Waals surface area contributed by atoms with E-state index >= 15 is 0 Å². The summed E-state index contributed by atoms with van der Waals surface area (Å²) in [5, 5.41) is 3.27. The summed E-state index contributed by atoms with van der Waals surface area (Å²) in [6, 6.07) is 15.9. The fraction of sp³-hybridized carbons (Fsp3) is 0.286. The number of carbonyl (C=O) groups is 1. The van der Waals surface area contributed by atoms with Gasteiger partial charge in [0.1, 0.15) is 11.4 Å². The van der Waals surface area contributed by atoms with Crippen LogP contribution in [0.3, 0.4) is 0 Å². The van der Waals surface area contributed by atoms with Gasteiger partial charge in [-0.05, 0) is 54.2 Å². The van der Waals surface area contributed by atoms with Crippen molar-refractivity contribution >= 4 is 17.5 Å². The molecule has 0 saturated heterocycles. The molecule has 0 radical (unpaired) electrons. The molecule has 3 aromatic heterocycles. The number of aromatic nitrogens is 3. The first-order valence-corrected chi connectivity index (χ1v) is 12.5. The van der Waals surface area contributed by atoms with Crippen LogP contribution in [0.1, 0.15) is 63.2 Å². The molecule has 8 heteroatoms. The molecule has 0 bridgehead atoms. The Morgan fingerprint density at radius 1 is 1.11 bits per heavy atom. The van der Waals surface area contributed by atoms with E-state index in [1.807, 2.05) is 31.3 Å². The number of pyridine rings is 2. The summed E-state index contributed by atoms with van der Waals surface area (Å²) in [5.41, 5.74) is 6.07. The highest BCUT2D eigenvalue weighted by Crippen LogP contribution is 2.34. The average molecular weight is 502 g/mol. The summed E-state index contributed by atoms with van der Waals surface area (Å²) in [4.78, 5) is 28.2. The SMILES string of the molecule is Cc1nc(CN(Cc2cccc(CNC(=O)c3ccnc(Cl)c3)c2)C2CCCc3cccnc32)co1. The summed E-state index contributed by atoms with van der Waals surface area (Å²) in [6.07, 6.45) is 8.39. The maximum atomic E-state index is 12.5. The van der Waals surface area contributed by atoms with Crippen LogP contribution in [0.25, 0.3) is 0 Å². The summed E-state index contributed by atoms with van der Waals surface area (Å²) in [6.45, 7) is 3.68. The highest BCUT2D eigenvalue weighted by molar-refractivity contribution is 6.29. The Kier molecular flexibility index (Phi) is 7.39. The van der Waals surface area contributed by atoms with E-state index in [-0.39, 0.29) is 11.9 Å². The molecule has 184 valence electrons. The fourth-order valence-corrected chi connectivity index (χ4v) is 4.98. The molecule has 1 atom stereocenters. The van der Waals surface area contributed by atoms with Gasteiger partial charge < -0.3 is 9.73 Å². The molecule has 0 aliphatic heterocycles. The lowest BCUT2D eigenvalue weighted by molar-refractivity contribution is 0.0950. The number of oxazole rings is 1. The molecule has 0 fully saturated rings. The standard InChI is InChI=1S/C28H28ClN5O2/c1-19-33-24(18-36-19)17-34(25-9-3-7-22-8-4-11-31-27(22)25)16-21-6-2-5-20(13-21)15-32-28(35)23-10-12-30-26(29)14-23/h2,4-6,8,10-14,18,25H,3,7,9,15-17H2,1H3,(H,32,35). The van der Waals surface area contributed by atoms with Crippen LogP contribution in [0.15, 0.2) is 71.6 Å². The molecule has 1 aliphatic carbocycles. The first-order valence-electron chi connectivity index (χ1n) is 12.1. The maximum Gasteiger partial charge on any atom is 0.251 e. The Morgan fingerprint density at radius 3 is 2.83 bits per heavy atom. The van der Waals surface area contributed by atoms with E-state index < -0.39 is 0 Å². The van der Waals surface area contributed by atoms with Crippen molar-refractivity contribution in [3.63, 3.8) is 0 Å². The number of nitrogens with zero attached hydrogens (tertiary/aromatic N) is 4. The van der Waals surface area contributed by atoms with Crippen molar-refractivity contribution < 1.29 is 9.21 Å². The Hall–Kier alpha value is -3.55. The quantitative estimate of drug-likeness (QED) is 0.324. The van der Waals surface area contributed by atoms with Crippen molar-refractivity contribution in [1.29, 1.82) is 0 Å². The predicted octanol–water partition coefficient (Wildman–Crippen LogP) is 5.44. The number of hydrogen-bond acceptors (Lipinski definition) is 6. The van der Waals surface area contributed by atoms with Gasteiger partial charge in [0, 0.05) is 44.5 Å². The van der Waals surface area contributed by atoms with Gasteiger partial charge in [0.05, 0.1) is 17.4 Å².